The fourth-order valence-corrected chi connectivity index (χ4v) is 3.40. The summed E-state index contributed by atoms with van der Waals surface area (Å²) in [5, 5.41) is 3.37. The summed E-state index contributed by atoms with van der Waals surface area (Å²) in [4.78, 5) is 9.69. The molecule has 0 aromatic carbocycles. The predicted molar refractivity (Wildman–Crippen MR) is 81.3 cm³/mol. The van der Waals surface area contributed by atoms with Gasteiger partial charge >= 0.3 is 0 Å². The van der Waals surface area contributed by atoms with E-state index in [1.807, 2.05) is 0 Å². The number of anilines is 1. The molecule has 2 heterocycles. The quantitative estimate of drug-likeness (QED) is 0.904. The van der Waals surface area contributed by atoms with Crippen molar-refractivity contribution in [3.63, 3.8) is 0 Å². The van der Waals surface area contributed by atoms with Crippen molar-refractivity contribution in [3.05, 3.63) is 17.1 Å². The van der Waals surface area contributed by atoms with E-state index in [1.165, 1.54) is 12.8 Å². The van der Waals surface area contributed by atoms with Gasteiger partial charge in [0.2, 0.25) is 0 Å². The Morgan fingerprint density at radius 3 is 2.76 bits per heavy atom. The van der Waals surface area contributed by atoms with Crippen molar-refractivity contribution in [2.45, 2.75) is 58.2 Å². The normalized spacial score (nSPS) is 20.3. The first-order valence-corrected chi connectivity index (χ1v) is 8.15. The van der Waals surface area contributed by atoms with Gasteiger partial charge in [-0.1, -0.05) is 0 Å². The van der Waals surface area contributed by atoms with Crippen LogP contribution in [0.1, 0.15) is 56.6 Å². The molecule has 0 unspecified atom stereocenters. The Hall–Kier alpha value is -1.20. The lowest BCUT2D eigenvalue weighted by Gasteiger charge is -2.29. The van der Waals surface area contributed by atoms with Gasteiger partial charge in [0.1, 0.15) is 11.4 Å². The number of nitrogens with one attached hydrogen (secondary N) is 1. The lowest BCUT2D eigenvalue weighted by Crippen LogP contribution is -2.31. The standard InChI is InChI=1S/C16H25N3O2/c1-3-17-14-12-11-20-10-7-13(12)18-15(19-14)16(21-4-2)8-5-6-9-16/h3-11H2,1-2H3,(H,17,18,19). The SMILES string of the molecule is CCNc1nc(C2(OCC)CCCC2)nc2c1COCC2. The van der Waals surface area contributed by atoms with Crippen molar-refractivity contribution < 1.29 is 9.47 Å². The van der Waals surface area contributed by atoms with Gasteiger partial charge in [-0.2, -0.15) is 0 Å². The second kappa shape index (κ2) is 6.28. The van der Waals surface area contributed by atoms with E-state index >= 15 is 0 Å². The molecule has 5 heteroatoms. The molecule has 1 fully saturated rings. The molecule has 0 saturated heterocycles. The van der Waals surface area contributed by atoms with Gasteiger partial charge in [0.05, 0.1) is 18.9 Å². The topological polar surface area (TPSA) is 56.3 Å². The predicted octanol–water partition coefficient (Wildman–Crippen LogP) is 2.79. The van der Waals surface area contributed by atoms with Crippen LogP contribution in [0.15, 0.2) is 0 Å². The Labute approximate surface area is 126 Å². The lowest BCUT2D eigenvalue weighted by molar-refractivity contribution is -0.0460. The molecule has 3 rings (SSSR count). The minimum absolute atomic E-state index is 0.272. The van der Waals surface area contributed by atoms with Gasteiger partial charge in [-0.25, -0.2) is 9.97 Å². The maximum atomic E-state index is 6.12. The van der Waals surface area contributed by atoms with Gasteiger partial charge in [-0.05, 0) is 39.5 Å². The van der Waals surface area contributed by atoms with E-state index in [-0.39, 0.29) is 5.60 Å². The van der Waals surface area contributed by atoms with Crippen LogP contribution in [0.2, 0.25) is 0 Å². The van der Waals surface area contributed by atoms with Gasteiger partial charge in [-0.3, -0.25) is 0 Å². The number of rotatable bonds is 5. The van der Waals surface area contributed by atoms with E-state index in [0.717, 1.165) is 55.3 Å². The largest absolute Gasteiger partial charge is 0.376 e. The second-order valence-electron chi connectivity index (χ2n) is 5.79. The van der Waals surface area contributed by atoms with Gasteiger partial charge in [0.15, 0.2) is 5.82 Å². The molecular formula is C16H25N3O2. The minimum atomic E-state index is -0.272. The highest BCUT2D eigenvalue weighted by Gasteiger charge is 2.40. The van der Waals surface area contributed by atoms with Crippen LogP contribution in [0.4, 0.5) is 5.82 Å². The fraction of sp³-hybridized carbons (Fsp3) is 0.750. The fourth-order valence-electron chi connectivity index (χ4n) is 3.40. The van der Waals surface area contributed by atoms with Crippen molar-refractivity contribution in [1.29, 1.82) is 0 Å². The third-order valence-corrected chi connectivity index (χ3v) is 4.41. The van der Waals surface area contributed by atoms with Crippen molar-refractivity contribution in [3.8, 4) is 0 Å². The first kappa shape index (κ1) is 14.7. The molecule has 0 amide bonds. The second-order valence-corrected chi connectivity index (χ2v) is 5.79. The van der Waals surface area contributed by atoms with Gasteiger partial charge in [0.25, 0.3) is 0 Å². The van der Waals surface area contributed by atoms with Gasteiger partial charge in [0, 0.05) is 25.1 Å². The van der Waals surface area contributed by atoms with Crippen molar-refractivity contribution >= 4 is 5.82 Å². The first-order chi connectivity index (χ1) is 10.3. The zero-order valence-electron chi connectivity index (χ0n) is 13.1. The summed E-state index contributed by atoms with van der Waals surface area (Å²) >= 11 is 0. The third-order valence-electron chi connectivity index (χ3n) is 4.41. The summed E-state index contributed by atoms with van der Waals surface area (Å²) < 4.78 is 11.7. The Kier molecular flexibility index (Phi) is 4.40. The summed E-state index contributed by atoms with van der Waals surface area (Å²) in [6, 6.07) is 0. The van der Waals surface area contributed by atoms with E-state index in [9.17, 15) is 0 Å². The van der Waals surface area contributed by atoms with Crippen LogP contribution in [0.5, 0.6) is 0 Å². The summed E-state index contributed by atoms with van der Waals surface area (Å²) in [6.45, 7) is 7.06. The van der Waals surface area contributed by atoms with Crippen LogP contribution < -0.4 is 5.32 Å². The molecule has 0 bridgehead atoms. The zero-order valence-corrected chi connectivity index (χ0v) is 13.1. The zero-order chi connectivity index (χ0) is 14.7. The molecule has 1 aromatic heterocycles. The Morgan fingerprint density at radius 1 is 1.24 bits per heavy atom. The lowest BCUT2D eigenvalue weighted by atomic mass is 9.99. The van der Waals surface area contributed by atoms with Crippen LogP contribution in [0.3, 0.4) is 0 Å². The number of aromatic nitrogens is 2. The van der Waals surface area contributed by atoms with Crippen LogP contribution in [0, 0.1) is 0 Å². The van der Waals surface area contributed by atoms with E-state index in [4.69, 9.17) is 19.4 Å². The summed E-state index contributed by atoms with van der Waals surface area (Å²) in [6.07, 6.45) is 5.31. The molecular weight excluding hydrogens is 266 g/mol. The smallest absolute Gasteiger partial charge is 0.162 e. The molecule has 0 radical (unpaired) electrons. The molecule has 1 N–H and O–H groups in total. The minimum Gasteiger partial charge on any atom is -0.376 e. The third kappa shape index (κ3) is 2.77. The number of fused-ring (bicyclic) bond motifs is 1. The highest BCUT2D eigenvalue weighted by Crippen LogP contribution is 2.41. The van der Waals surface area contributed by atoms with E-state index in [2.05, 4.69) is 19.2 Å². The molecule has 0 spiro atoms. The average Bonchev–Trinajstić information content (AvgIpc) is 2.98. The van der Waals surface area contributed by atoms with Crippen LogP contribution >= 0.6 is 0 Å². The molecule has 21 heavy (non-hydrogen) atoms. The Balaban J connectivity index is 2.03. The molecule has 1 aliphatic carbocycles. The number of hydrogen-bond donors (Lipinski definition) is 1. The summed E-state index contributed by atoms with van der Waals surface area (Å²) in [5.41, 5.74) is 1.98. The first-order valence-electron chi connectivity index (χ1n) is 8.15. The molecule has 1 aliphatic heterocycles. The molecule has 0 atom stereocenters. The average molecular weight is 291 g/mol. The Morgan fingerprint density at radius 2 is 2.05 bits per heavy atom. The van der Waals surface area contributed by atoms with Crippen LogP contribution in [0.25, 0.3) is 0 Å². The number of hydrogen-bond acceptors (Lipinski definition) is 5. The van der Waals surface area contributed by atoms with Gasteiger partial charge in [-0.15, -0.1) is 0 Å². The molecule has 2 aliphatic rings. The van der Waals surface area contributed by atoms with E-state index < -0.39 is 0 Å². The highest BCUT2D eigenvalue weighted by molar-refractivity contribution is 5.47. The van der Waals surface area contributed by atoms with Crippen LogP contribution in [-0.4, -0.2) is 29.7 Å². The van der Waals surface area contributed by atoms with E-state index in [0.29, 0.717) is 13.2 Å². The van der Waals surface area contributed by atoms with Crippen molar-refractivity contribution in [2.75, 3.05) is 25.1 Å². The number of nitrogens with zero attached hydrogens (tertiary/aromatic N) is 2. The van der Waals surface area contributed by atoms with Crippen LogP contribution in [-0.2, 0) is 28.1 Å². The maximum absolute atomic E-state index is 6.12. The summed E-state index contributed by atoms with van der Waals surface area (Å²) in [7, 11) is 0. The van der Waals surface area contributed by atoms with Crippen molar-refractivity contribution in [2.24, 2.45) is 0 Å². The highest BCUT2D eigenvalue weighted by atomic mass is 16.5. The Bertz CT molecular complexity index is 499. The maximum Gasteiger partial charge on any atom is 0.162 e. The molecule has 116 valence electrons. The monoisotopic (exact) mass is 291 g/mol. The summed E-state index contributed by atoms with van der Waals surface area (Å²) in [5.74, 6) is 1.81. The molecule has 1 saturated carbocycles. The number of ether oxygens (including phenoxy) is 2. The molecule has 1 aromatic rings. The van der Waals surface area contributed by atoms with Crippen molar-refractivity contribution in [1.82, 2.24) is 9.97 Å². The van der Waals surface area contributed by atoms with Gasteiger partial charge < -0.3 is 14.8 Å². The van der Waals surface area contributed by atoms with E-state index in [1.54, 1.807) is 0 Å². The molecule has 5 nitrogen and oxygen atoms in total.